The Bertz CT molecular complexity index is 779. The van der Waals surface area contributed by atoms with E-state index in [2.05, 4.69) is 5.32 Å². The first-order chi connectivity index (χ1) is 11.9. The quantitative estimate of drug-likeness (QED) is 0.577. The highest BCUT2D eigenvalue weighted by Gasteiger charge is 2.20. The van der Waals surface area contributed by atoms with Crippen molar-refractivity contribution in [1.82, 2.24) is 0 Å². The summed E-state index contributed by atoms with van der Waals surface area (Å²) in [6.45, 7) is 1.39. The predicted octanol–water partition coefficient (Wildman–Crippen LogP) is 4.07. The van der Waals surface area contributed by atoms with E-state index in [-0.39, 0.29) is 29.3 Å². The molecular weight excluding hydrogens is 369 g/mol. The molecule has 0 unspecified atom stereocenters. The lowest BCUT2D eigenvalue weighted by molar-refractivity contribution is -0.153. The van der Waals surface area contributed by atoms with Gasteiger partial charge in [-0.2, -0.15) is 0 Å². The van der Waals surface area contributed by atoms with Crippen LogP contribution >= 0.6 is 22.9 Å². The molecule has 1 heterocycles. The molecule has 0 aliphatic rings. The number of carbonyl (C=O) groups is 3. The summed E-state index contributed by atoms with van der Waals surface area (Å²) in [6, 6.07) is 6.95. The molecule has 1 atom stereocenters. The molecule has 0 spiro atoms. The Balaban J connectivity index is 1.81. The lowest BCUT2D eigenvalue weighted by Gasteiger charge is -2.14. The predicted molar refractivity (Wildman–Crippen MR) is 93.5 cm³/mol. The zero-order chi connectivity index (χ0) is 18.4. The molecule has 5 nitrogen and oxygen atoms in total. The molecule has 0 bridgehead atoms. The van der Waals surface area contributed by atoms with E-state index in [1.165, 1.54) is 24.3 Å². The number of thiophene rings is 1. The summed E-state index contributed by atoms with van der Waals surface area (Å²) in [7, 11) is 0. The molecule has 132 valence electrons. The lowest BCUT2D eigenvalue weighted by Crippen LogP contribution is -2.30. The number of amides is 1. The SMILES string of the molecule is C[C@@H](OC(=O)CCC(=O)c1cccs1)C(=O)Nc1ccc(F)cc1Cl. The number of esters is 1. The van der Waals surface area contributed by atoms with Crippen molar-refractivity contribution in [2.45, 2.75) is 25.9 Å². The molecule has 0 fully saturated rings. The van der Waals surface area contributed by atoms with E-state index < -0.39 is 23.8 Å². The fourth-order valence-corrected chi connectivity index (χ4v) is 2.82. The number of halogens is 2. The molecule has 0 aliphatic heterocycles. The van der Waals surface area contributed by atoms with Gasteiger partial charge in [-0.1, -0.05) is 17.7 Å². The number of Topliss-reactive ketones (excluding diaryl/α,β-unsaturated/α-hetero) is 1. The van der Waals surface area contributed by atoms with Gasteiger partial charge in [-0.3, -0.25) is 14.4 Å². The van der Waals surface area contributed by atoms with E-state index in [1.54, 1.807) is 17.5 Å². The first-order valence-electron chi connectivity index (χ1n) is 7.39. The van der Waals surface area contributed by atoms with Crippen LogP contribution < -0.4 is 5.32 Å². The average Bonchev–Trinajstić information content (AvgIpc) is 3.09. The molecule has 0 saturated heterocycles. The Kier molecular flexibility index (Phi) is 6.66. The van der Waals surface area contributed by atoms with Crippen LogP contribution in [0.3, 0.4) is 0 Å². The summed E-state index contributed by atoms with van der Waals surface area (Å²) in [6.07, 6.45) is -1.19. The monoisotopic (exact) mass is 383 g/mol. The number of anilines is 1. The molecule has 0 saturated carbocycles. The highest BCUT2D eigenvalue weighted by atomic mass is 35.5. The van der Waals surface area contributed by atoms with Gasteiger partial charge < -0.3 is 10.1 Å². The third-order valence-corrected chi connectivity index (χ3v) is 4.44. The summed E-state index contributed by atoms with van der Waals surface area (Å²) in [4.78, 5) is 36.2. The van der Waals surface area contributed by atoms with Crippen LogP contribution in [0, 0.1) is 5.82 Å². The Morgan fingerprint density at radius 2 is 2.04 bits per heavy atom. The number of rotatable bonds is 7. The minimum atomic E-state index is -1.08. The number of hydrogen-bond acceptors (Lipinski definition) is 5. The van der Waals surface area contributed by atoms with Crippen molar-refractivity contribution in [2.24, 2.45) is 0 Å². The highest BCUT2D eigenvalue weighted by molar-refractivity contribution is 7.12. The van der Waals surface area contributed by atoms with Gasteiger partial charge in [-0.25, -0.2) is 4.39 Å². The smallest absolute Gasteiger partial charge is 0.307 e. The topological polar surface area (TPSA) is 72.5 Å². The summed E-state index contributed by atoms with van der Waals surface area (Å²) in [5.74, 6) is -1.94. The van der Waals surface area contributed by atoms with Crippen LogP contribution in [-0.2, 0) is 14.3 Å². The molecule has 25 heavy (non-hydrogen) atoms. The van der Waals surface area contributed by atoms with Crippen LogP contribution in [0.5, 0.6) is 0 Å². The van der Waals surface area contributed by atoms with E-state index >= 15 is 0 Å². The maximum Gasteiger partial charge on any atom is 0.307 e. The average molecular weight is 384 g/mol. The minimum Gasteiger partial charge on any atom is -0.453 e. The molecule has 2 rings (SSSR count). The first-order valence-corrected chi connectivity index (χ1v) is 8.64. The summed E-state index contributed by atoms with van der Waals surface area (Å²) in [5.41, 5.74) is 0.212. The van der Waals surface area contributed by atoms with E-state index in [0.717, 1.165) is 12.1 Å². The molecule has 1 amide bonds. The highest BCUT2D eigenvalue weighted by Crippen LogP contribution is 2.22. The van der Waals surface area contributed by atoms with Crippen molar-refractivity contribution >= 4 is 46.3 Å². The zero-order valence-electron chi connectivity index (χ0n) is 13.3. The molecule has 1 aromatic carbocycles. The van der Waals surface area contributed by atoms with Crippen molar-refractivity contribution in [2.75, 3.05) is 5.32 Å². The molecular formula is C17H15ClFNO4S. The van der Waals surface area contributed by atoms with Gasteiger partial charge in [0.2, 0.25) is 0 Å². The van der Waals surface area contributed by atoms with Gasteiger partial charge in [0.05, 0.1) is 22.0 Å². The zero-order valence-corrected chi connectivity index (χ0v) is 14.8. The van der Waals surface area contributed by atoms with E-state index in [0.29, 0.717) is 4.88 Å². The third-order valence-electron chi connectivity index (χ3n) is 3.22. The van der Waals surface area contributed by atoms with Gasteiger partial charge in [0, 0.05) is 6.42 Å². The molecule has 1 N–H and O–H groups in total. The number of benzene rings is 1. The van der Waals surface area contributed by atoms with Crippen molar-refractivity contribution in [1.29, 1.82) is 0 Å². The number of ether oxygens (including phenoxy) is 1. The van der Waals surface area contributed by atoms with Gasteiger partial charge in [-0.15, -0.1) is 11.3 Å². The second-order valence-electron chi connectivity index (χ2n) is 5.15. The number of hydrogen-bond donors (Lipinski definition) is 1. The van der Waals surface area contributed by atoms with Gasteiger partial charge in [0.25, 0.3) is 5.91 Å². The maximum absolute atomic E-state index is 13.0. The number of ketones is 1. The van der Waals surface area contributed by atoms with Crippen molar-refractivity contribution in [3.05, 3.63) is 51.4 Å². The maximum atomic E-state index is 13.0. The van der Waals surface area contributed by atoms with Crippen LogP contribution in [0.15, 0.2) is 35.7 Å². The minimum absolute atomic E-state index is 0.0114. The van der Waals surface area contributed by atoms with Crippen LogP contribution in [0.4, 0.5) is 10.1 Å². The van der Waals surface area contributed by atoms with Gasteiger partial charge >= 0.3 is 5.97 Å². The fourth-order valence-electron chi connectivity index (χ4n) is 1.91. The first kappa shape index (κ1) is 19.1. The van der Waals surface area contributed by atoms with Crippen LogP contribution in [-0.4, -0.2) is 23.8 Å². The Morgan fingerprint density at radius 3 is 2.68 bits per heavy atom. The molecule has 0 aliphatic carbocycles. The van der Waals surface area contributed by atoms with E-state index in [1.807, 2.05) is 0 Å². The Labute approximate surface area is 152 Å². The summed E-state index contributed by atoms with van der Waals surface area (Å²) >= 11 is 7.12. The number of nitrogens with one attached hydrogen (secondary N) is 1. The largest absolute Gasteiger partial charge is 0.453 e. The molecule has 2 aromatic rings. The second kappa shape index (κ2) is 8.73. The van der Waals surface area contributed by atoms with Crippen LogP contribution in [0.2, 0.25) is 5.02 Å². The van der Waals surface area contributed by atoms with E-state index in [9.17, 15) is 18.8 Å². The van der Waals surface area contributed by atoms with Crippen molar-refractivity contribution < 1.29 is 23.5 Å². The second-order valence-corrected chi connectivity index (χ2v) is 6.50. The Morgan fingerprint density at radius 1 is 1.28 bits per heavy atom. The molecule has 8 heteroatoms. The van der Waals surface area contributed by atoms with Gasteiger partial charge in [-0.05, 0) is 36.6 Å². The Hall–Kier alpha value is -2.25. The molecule has 1 aromatic heterocycles. The van der Waals surface area contributed by atoms with Crippen LogP contribution in [0.1, 0.15) is 29.4 Å². The van der Waals surface area contributed by atoms with Crippen LogP contribution in [0.25, 0.3) is 0 Å². The van der Waals surface area contributed by atoms with Crippen molar-refractivity contribution in [3.63, 3.8) is 0 Å². The number of carbonyl (C=O) groups excluding carboxylic acids is 3. The lowest BCUT2D eigenvalue weighted by atomic mass is 10.2. The molecule has 0 radical (unpaired) electrons. The standard InChI is InChI=1S/C17H15ClFNO4S/c1-10(17(23)20-13-5-4-11(19)9-12(13)18)24-16(22)7-6-14(21)15-3-2-8-25-15/h2-5,8-10H,6-7H2,1H3,(H,20,23)/t10-/m1/s1. The van der Waals surface area contributed by atoms with Gasteiger partial charge in [0.1, 0.15) is 5.82 Å². The fraction of sp³-hybridized carbons (Fsp3) is 0.235. The van der Waals surface area contributed by atoms with Crippen molar-refractivity contribution in [3.8, 4) is 0 Å². The summed E-state index contributed by atoms with van der Waals surface area (Å²) in [5, 5.41) is 4.26. The van der Waals surface area contributed by atoms with E-state index in [4.69, 9.17) is 16.3 Å². The van der Waals surface area contributed by atoms with Gasteiger partial charge in [0.15, 0.2) is 11.9 Å². The third kappa shape index (κ3) is 5.65. The summed E-state index contributed by atoms with van der Waals surface area (Å²) < 4.78 is 18.0. The normalized spacial score (nSPS) is 11.6.